The second-order valence-corrected chi connectivity index (χ2v) is 12.4. The maximum Gasteiger partial charge on any atom is 0.243 e. The highest BCUT2D eigenvalue weighted by Gasteiger charge is 2.30. The lowest BCUT2D eigenvalue weighted by atomic mass is 10.0. The molecule has 1 N–H and O–H groups in total. The Balaban J connectivity index is 1.87. The molecule has 40 heavy (non-hydrogen) atoms. The fourth-order valence-corrected chi connectivity index (χ4v) is 5.68. The summed E-state index contributed by atoms with van der Waals surface area (Å²) in [4.78, 5) is 28.6. The molecule has 0 spiro atoms. The predicted molar refractivity (Wildman–Crippen MR) is 162 cm³/mol. The van der Waals surface area contributed by atoms with Crippen LogP contribution in [0.15, 0.2) is 72.8 Å². The van der Waals surface area contributed by atoms with Gasteiger partial charge >= 0.3 is 0 Å². The molecule has 0 aromatic heterocycles. The zero-order valence-corrected chi connectivity index (χ0v) is 25.3. The molecule has 0 heterocycles. The fraction of sp³-hybridized carbons (Fsp3) is 0.333. The van der Waals surface area contributed by atoms with Gasteiger partial charge in [-0.3, -0.25) is 13.9 Å². The van der Waals surface area contributed by atoms with Crippen molar-refractivity contribution >= 4 is 50.7 Å². The minimum atomic E-state index is -3.57. The van der Waals surface area contributed by atoms with E-state index in [1.807, 2.05) is 56.3 Å². The van der Waals surface area contributed by atoms with Crippen molar-refractivity contribution in [3.05, 3.63) is 99.5 Å². The molecule has 0 aliphatic carbocycles. The van der Waals surface area contributed by atoms with Gasteiger partial charge in [-0.25, -0.2) is 8.42 Å². The zero-order chi connectivity index (χ0) is 29.3. The minimum Gasteiger partial charge on any atom is -0.355 e. The van der Waals surface area contributed by atoms with Crippen LogP contribution in [0.1, 0.15) is 36.5 Å². The largest absolute Gasteiger partial charge is 0.355 e. The van der Waals surface area contributed by atoms with Crippen LogP contribution in [0, 0.1) is 6.92 Å². The number of amides is 2. The van der Waals surface area contributed by atoms with Crippen LogP contribution in [0.5, 0.6) is 0 Å². The normalized spacial score (nSPS) is 12.0. The molecular formula is C30H35Cl2N3O4S. The van der Waals surface area contributed by atoms with E-state index in [1.165, 1.54) is 4.31 Å². The van der Waals surface area contributed by atoms with Crippen LogP contribution in [-0.2, 0) is 32.6 Å². The topological polar surface area (TPSA) is 86.8 Å². The Kier molecular flexibility index (Phi) is 11.4. The number of hydrogen-bond acceptors (Lipinski definition) is 4. The van der Waals surface area contributed by atoms with E-state index in [9.17, 15) is 18.0 Å². The van der Waals surface area contributed by atoms with Crippen molar-refractivity contribution in [3.8, 4) is 0 Å². The van der Waals surface area contributed by atoms with Crippen LogP contribution in [0.25, 0.3) is 0 Å². The molecule has 10 heteroatoms. The fourth-order valence-electron chi connectivity index (χ4n) is 4.40. The van der Waals surface area contributed by atoms with E-state index in [0.29, 0.717) is 28.7 Å². The van der Waals surface area contributed by atoms with Gasteiger partial charge in [0, 0.05) is 32.5 Å². The Morgan fingerprint density at radius 3 is 2.20 bits per heavy atom. The first-order valence-electron chi connectivity index (χ1n) is 13.1. The maximum absolute atomic E-state index is 13.8. The minimum absolute atomic E-state index is 0.0455. The maximum atomic E-state index is 13.8. The highest BCUT2D eigenvalue weighted by molar-refractivity contribution is 7.92. The van der Waals surface area contributed by atoms with Gasteiger partial charge in [-0.1, -0.05) is 77.3 Å². The monoisotopic (exact) mass is 603 g/mol. The summed E-state index contributed by atoms with van der Waals surface area (Å²) in [5, 5.41) is 3.61. The molecule has 0 saturated carbocycles. The molecule has 3 aromatic rings. The Labute approximate surface area is 247 Å². The van der Waals surface area contributed by atoms with Crippen molar-refractivity contribution in [2.24, 2.45) is 0 Å². The van der Waals surface area contributed by atoms with Gasteiger partial charge in [0.2, 0.25) is 21.8 Å². The number of sulfonamides is 1. The summed E-state index contributed by atoms with van der Waals surface area (Å²) in [6.45, 7) is 4.43. The number of carbonyl (C=O) groups excluding carboxylic acids is 2. The molecule has 0 aliphatic rings. The highest BCUT2D eigenvalue weighted by atomic mass is 35.5. The Morgan fingerprint density at radius 1 is 0.925 bits per heavy atom. The summed E-state index contributed by atoms with van der Waals surface area (Å²) in [6.07, 6.45) is 1.78. The number of rotatable bonds is 13. The van der Waals surface area contributed by atoms with Crippen LogP contribution in [-0.4, -0.2) is 50.5 Å². The van der Waals surface area contributed by atoms with Gasteiger partial charge in [-0.2, -0.15) is 0 Å². The summed E-state index contributed by atoms with van der Waals surface area (Å²) in [5.74, 6) is -0.534. The van der Waals surface area contributed by atoms with Gasteiger partial charge in [0.15, 0.2) is 0 Å². The number of anilines is 1. The molecular weight excluding hydrogens is 569 g/mol. The third kappa shape index (κ3) is 8.98. The zero-order valence-electron chi connectivity index (χ0n) is 22.9. The first-order chi connectivity index (χ1) is 19.0. The van der Waals surface area contributed by atoms with Crippen LogP contribution >= 0.6 is 23.2 Å². The Hall–Kier alpha value is -3.07. The van der Waals surface area contributed by atoms with E-state index < -0.39 is 16.1 Å². The van der Waals surface area contributed by atoms with E-state index in [2.05, 4.69) is 5.32 Å². The number of likely N-dealkylation sites (N-methyl/N-ethyl adjacent to an activating group) is 1. The second kappa shape index (κ2) is 14.5. The van der Waals surface area contributed by atoms with Crippen LogP contribution < -0.4 is 9.62 Å². The van der Waals surface area contributed by atoms with Crippen molar-refractivity contribution in [1.29, 1.82) is 0 Å². The molecule has 1 unspecified atom stereocenters. The Morgan fingerprint density at radius 2 is 1.60 bits per heavy atom. The summed E-state index contributed by atoms with van der Waals surface area (Å²) in [5.41, 5.74) is 3.19. The summed E-state index contributed by atoms with van der Waals surface area (Å²) < 4.78 is 26.4. The van der Waals surface area contributed by atoms with E-state index in [-0.39, 0.29) is 37.7 Å². The number of hydrogen-bond donors (Lipinski definition) is 1. The second-order valence-electron chi connectivity index (χ2n) is 9.64. The molecule has 0 aliphatic heterocycles. The molecule has 0 fully saturated rings. The van der Waals surface area contributed by atoms with Gasteiger partial charge in [-0.05, 0) is 55.7 Å². The summed E-state index contributed by atoms with van der Waals surface area (Å²) in [7, 11) is -3.57. The van der Waals surface area contributed by atoms with E-state index in [1.54, 1.807) is 35.2 Å². The SMILES string of the molecule is CCNC(=O)C(Cc1ccccc1)N(Cc1ccc(Cl)c(Cl)c1)C(=O)CCCN(c1ccc(C)cc1)S(C)(=O)=O. The number of benzene rings is 3. The van der Waals surface area contributed by atoms with E-state index in [4.69, 9.17) is 23.2 Å². The first-order valence-corrected chi connectivity index (χ1v) is 15.7. The molecule has 3 aromatic carbocycles. The predicted octanol–water partition coefficient (Wildman–Crippen LogP) is 5.62. The van der Waals surface area contributed by atoms with Crippen LogP contribution in [0.4, 0.5) is 5.69 Å². The van der Waals surface area contributed by atoms with Gasteiger partial charge in [0.1, 0.15) is 6.04 Å². The molecule has 1 atom stereocenters. The lowest BCUT2D eigenvalue weighted by Gasteiger charge is -2.32. The number of nitrogens with zero attached hydrogens (tertiary/aromatic N) is 2. The van der Waals surface area contributed by atoms with Crippen molar-refractivity contribution in [2.45, 2.75) is 45.7 Å². The van der Waals surface area contributed by atoms with Crippen LogP contribution in [0.2, 0.25) is 10.0 Å². The number of nitrogens with one attached hydrogen (secondary N) is 1. The van der Waals surface area contributed by atoms with E-state index in [0.717, 1.165) is 22.9 Å². The van der Waals surface area contributed by atoms with Crippen molar-refractivity contribution in [3.63, 3.8) is 0 Å². The van der Waals surface area contributed by atoms with Crippen molar-refractivity contribution in [2.75, 3.05) is 23.7 Å². The molecule has 7 nitrogen and oxygen atoms in total. The third-order valence-electron chi connectivity index (χ3n) is 6.43. The highest BCUT2D eigenvalue weighted by Crippen LogP contribution is 2.25. The van der Waals surface area contributed by atoms with Gasteiger partial charge < -0.3 is 10.2 Å². The molecule has 0 saturated heterocycles. The third-order valence-corrected chi connectivity index (χ3v) is 8.37. The molecule has 0 bridgehead atoms. The van der Waals surface area contributed by atoms with Crippen molar-refractivity contribution < 1.29 is 18.0 Å². The molecule has 214 valence electrons. The molecule has 2 amide bonds. The van der Waals surface area contributed by atoms with Crippen molar-refractivity contribution in [1.82, 2.24) is 10.2 Å². The summed E-state index contributed by atoms with van der Waals surface area (Å²) in [6, 6.07) is 21.0. The average molecular weight is 605 g/mol. The summed E-state index contributed by atoms with van der Waals surface area (Å²) >= 11 is 12.4. The Bertz CT molecular complexity index is 1400. The van der Waals surface area contributed by atoms with Crippen LogP contribution in [0.3, 0.4) is 0 Å². The lowest BCUT2D eigenvalue weighted by Crippen LogP contribution is -2.50. The lowest BCUT2D eigenvalue weighted by molar-refractivity contribution is -0.141. The van der Waals surface area contributed by atoms with Gasteiger partial charge in [0.05, 0.1) is 22.0 Å². The number of aryl methyl sites for hydroxylation is 1. The number of halogens is 2. The molecule has 3 rings (SSSR count). The van der Waals surface area contributed by atoms with Gasteiger partial charge in [0.25, 0.3) is 0 Å². The smallest absolute Gasteiger partial charge is 0.243 e. The first kappa shape index (κ1) is 31.5. The quantitative estimate of drug-likeness (QED) is 0.274. The standard InChI is InChI=1S/C30H35Cl2N3O4S/c1-4-33-30(37)28(20-23-9-6-5-7-10-23)34(21-24-14-17-26(31)27(32)19-24)29(36)11-8-18-35(40(3,38)39)25-15-12-22(2)13-16-25/h5-7,9-10,12-17,19,28H,4,8,11,18,20-21H2,1-3H3,(H,33,37). The van der Waals surface area contributed by atoms with E-state index >= 15 is 0 Å². The molecule has 0 radical (unpaired) electrons. The average Bonchev–Trinajstić information content (AvgIpc) is 2.91. The van der Waals surface area contributed by atoms with Gasteiger partial charge in [-0.15, -0.1) is 0 Å². The number of carbonyl (C=O) groups is 2.